The summed E-state index contributed by atoms with van der Waals surface area (Å²) in [5.41, 5.74) is 1.06. The predicted molar refractivity (Wildman–Crippen MR) is 58.6 cm³/mol. The van der Waals surface area contributed by atoms with Gasteiger partial charge in [-0.15, -0.1) is 0 Å². The molecule has 1 rings (SSSR count). The molecule has 0 atom stereocenters. The molecule has 0 saturated carbocycles. The van der Waals surface area contributed by atoms with Crippen molar-refractivity contribution in [1.82, 2.24) is 0 Å². The molecule has 0 spiro atoms. The number of hydrogen-bond acceptors (Lipinski definition) is 1. The number of benzene rings is 1. The average molecular weight is 214 g/mol. The third-order valence-electron chi connectivity index (χ3n) is 1.97. The lowest BCUT2D eigenvalue weighted by atomic mass is 10.1. The molecule has 0 fully saturated rings. The normalized spacial score (nSPS) is 11.1. The summed E-state index contributed by atoms with van der Waals surface area (Å²) in [4.78, 5) is 0. The van der Waals surface area contributed by atoms with Crippen LogP contribution in [0.15, 0.2) is 18.2 Å². The highest BCUT2D eigenvalue weighted by atomic mass is 32.1. The maximum atomic E-state index is 13.1. The SMILES string of the molecule is Cc1c(C=CCCS)ccc(F)c1F. The first-order chi connectivity index (χ1) is 6.66. The van der Waals surface area contributed by atoms with Gasteiger partial charge in [0.1, 0.15) is 0 Å². The van der Waals surface area contributed by atoms with E-state index in [1.165, 1.54) is 0 Å². The van der Waals surface area contributed by atoms with E-state index in [-0.39, 0.29) is 0 Å². The summed E-state index contributed by atoms with van der Waals surface area (Å²) in [6, 6.07) is 2.71. The van der Waals surface area contributed by atoms with Crippen molar-refractivity contribution in [2.45, 2.75) is 13.3 Å². The van der Waals surface area contributed by atoms with E-state index in [2.05, 4.69) is 12.6 Å². The average Bonchev–Trinajstić information content (AvgIpc) is 2.18. The van der Waals surface area contributed by atoms with Crippen LogP contribution in [0, 0.1) is 18.6 Å². The van der Waals surface area contributed by atoms with Crippen LogP contribution in [0.5, 0.6) is 0 Å². The highest BCUT2D eigenvalue weighted by Gasteiger charge is 2.06. The van der Waals surface area contributed by atoms with Gasteiger partial charge in [0.15, 0.2) is 11.6 Å². The Bertz CT molecular complexity index is 345. The smallest absolute Gasteiger partial charge is 0.162 e. The monoisotopic (exact) mass is 214 g/mol. The van der Waals surface area contributed by atoms with Gasteiger partial charge in [-0.2, -0.15) is 12.6 Å². The zero-order valence-electron chi connectivity index (χ0n) is 7.93. The van der Waals surface area contributed by atoms with Crippen molar-refractivity contribution in [3.05, 3.63) is 41.0 Å². The Morgan fingerprint density at radius 3 is 2.71 bits per heavy atom. The van der Waals surface area contributed by atoms with E-state index in [0.717, 1.165) is 18.2 Å². The van der Waals surface area contributed by atoms with Crippen molar-refractivity contribution in [2.24, 2.45) is 0 Å². The largest absolute Gasteiger partial charge is 0.204 e. The predicted octanol–water partition coefficient (Wildman–Crippen LogP) is 3.61. The molecule has 0 aliphatic carbocycles. The van der Waals surface area contributed by atoms with Crippen LogP contribution in [-0.2, 0) is 0 Å². The van der Waals surface area contributed by atoms with Crippen LogP contribution < -0.4 is 0 Å². The summed E-state index contributed by atoms with van der Waals surface area (Å²) in [6.45, 7) is 1.57. The standard InChI is InChI=1S/C11H12F2S/c1-8-9(4-2-3-7-14)5-6-10(12)11(8)13/h2,4-6,14H,3,7H2,1H3. The molecule has 3 heteroatoms. The summed E-state index contributed by atoms with van der Waals surface area (Å²) >= 11 is 4.04. The molecule has 0 N–H and O–H groups in total. The first kappa shape index (κ1) is 11.2. The Balaban J connectivity index is 2.94. The van der Waals surface area contributed by atoms with Gasteiger partial charge in [0.2, 0.25) is 0 Å². The minimum atomic E-state index is -0.797. The fourth-order valence-electron chi connectivity index (χ4n) is 1.13. The van der Waals surface area contributed by atoms with Crippen LogP contribution in [0.3, 0.4) is 0 Å². The van der Waals surface area contributed by atoms with E-state index in [0.29, 0.717) is 11.1 Å². The maximum Gasteiger partial charge on any atom is 0.162 e. The van der Waals surface area contributed by atoms with Crippen LogP contribution in [-0.4, -0.2) is 5.75 Å². The lowest BCUT2D eigenvalue weighted by Crippen LogP contribution is -1.91. The Kier molecular flexibility index (Phi) is 4.14. The summed E-state index contributed by atoms with van der Waals surface area (Å²) in [7, 11) is 0. The van der Waals surface area contributed by atoms with E-state index in [1.807, 2.05) is 6.08 Å². The van der Waals surface area contributed by atoms with Crippen molar-refractivity contribution < 1.29 is 8.78 Å². The third-order valence-corrected chi connectivity index (χ3v) is 2.23. The van der Waals surface area contributed by atoms with Crippen LogP contribution in [0.4, 0.5) is 8.78 Å². The van der Waals surface area contributed by atoms with Gasteiger partial charge in [0.05, 0.1) is 0 Å². The van der Waals surface area contributed by atoms with Crippen molar-refractivity contribution in [1.29, 1.82) is 0 Å². The molecule has 1 aromatic carbocycles. The van der Waals surface area contributed by atoms with E-state index in [9.17, 15) is 8.78 Å². The molecule has 76 valence electrons. The molecule has 1 aromatic rings. The summed E-state index contributed by atoms with van der Waals surface area (Å²) < 4.78 is 25.8. The molecule has 0 aromatic heterocycles. The first-order valence-corrected chi connectivity index (χ1v) is 5.02. The molecule has 0 unspecified atom stereocenters. The highest BCUT2D eigenvalue weighted by molar-refractivity contribution is 7.80. The number of hydrogen-bond donors (Lipinski definition) is 1. The van der Waals surface area contributed by atoms with Gasteiger partial charge in [0, 0.05) is 0 Å². The van der Waals surface area contributed by atoms with Gasteiger partial charge in [0.25, 0.3) is 0 Å². The van der Waals surface area contributed by atoms with Crippen molar-refractivity contribution in [3.63, 3.8) is 0 Å². The van der Waals surface area contributed by atoms with E-state index < -0.39 is 11.6 Å². The van der Waals surface area contributed by atoms with Crippen molar-refractivity contribution >= 4 is 18.7 Å². The van der Waals surface area contributed by atoms with Gasteiger partial charge in [-0.1, -0.05) is 18.2 Å². The fraction of sp³-hybridized carbons (Fsp3) is 0.273. The van der Waals surface area contributed by atoms with Gasteiger partial charge in [-0.25, -0.2) is 8.78 Å². The van der Waals surface area contributed by atoms with E-state index in [1.54, 1.807) is 19.1 Å². The number of halogens is 2. The van der Waals surface area contributed by atoms with Gasteiger partial charge in [-0.3, -0.25) is 0 Å². The van der Waals surface area contributed by atoms with Crippen LogP contribution in [0.2, 0.25) is 0 Å². The second-order valence-corrected chi connectivity index (χ2v) is 3.44. The molecule has 0 radical (unpaired) electrons. The molecule has 0 amide bonds. The molecular weight excluding hydrogens is 202 g/mol. The highest BCUT2D eigenvalue weighted by Crippen LogP contribution is 2.17. The summed E-state index contributed by atoms with van der Waals surface area (Å²) in [5, 5.41) is 0. The Morgan fingerprint density at radius 2 is 2.07 bits per heavy atom. The van der Waals surface area contributed by atoms with E-state index >= 15 is 0 Å². The minimum absolute atomic E-state index is 0.348. The van der Waals surface area contributed by atoms with Gasteiger partial charge >= 0.3 is 0 Å². The molecule has 0 aliphatic heterocycles. The Hall–Kier alpha value is -0.830. The summed E-state index contributed by atoms with van der Waals surface area (Å²) in [5.74, 6) is -0.814. The number of allylic oxidation sites excluding steroid dienone is 1. The van der Waals surface area contributed by atoms with Gasteiger partial charge in [-0.05, 0) is 36.3 Å². The second kappa shape index (κ2) is 5.15. The summed E-state index contributed by atoms with van der Waals surface area (Å²) in [6.07, 6.45) is 4.50. The Morgan fingerprint density at radius 1 is 1.36 bits per heavy atom. The zero-order valence-corrected chi connectivity index (χ0v) is 8.82. The van der Waals surface area contributed by atoms with Crippen molar-refractivity contribution in [2.75, 3.05) is 5.75 Å². The second-order valence-electron chi connectivity index (χ2n) is 2.99. The number of thiol groups is 1. The zero-order chi connectivity index (χ0) is 10.6. The lowest BCUT2D eigenvalue weighted by molar-refractivity contribution is 0.503. The maximum absolute atomic E-state index is 13.1. The molecule has 14 heavy (non-hydrogen) atoms. The molecule has 0 aliphatic rings. The third kappa shape index (κ3) is 2.58. The van der Waals surface area contributed by atoms with Gasteiger partial charge < -0.3 is 0 Å². The van der Waals surface area contributed by atoms with E-state index in [4.69, 9.17) is 0 Å². The molecule has 0 saturated heterocycles. The fourth-order valence-corrected chi connectivity index (χ4v) is 1.28. The topological polar surface area (TPSA) is 0 Å². The van der Waals surface area contributed by atoms with Crippen LogP contribution in [0.1, 0.15) is 17.5 Å². The quantitative estimate of drug-likeness (QED) is 0.730. The number of rotatable bonds is 3. The molecule has 0 nitrogen and oxygen atoms in total. The Labute approximate surface area is 88.1 Å². The lowest BCUT2D eigenvalue weighted by Gasteiger charge is -2.02. The van der Waals surface area contributed by atoms with Crippen LogP contribution in [0.25, 0.3) is 6.08 Å². The first-order valence-electron chi connectivity index (χ1n) is 4.39. The molecular formula is C11H12F2S. The van der Waals surface area contributed by atoms with Crippen LogP contribution >= 0.6 is 12.6 Å². The molecule has 0 heterocycles. The van der Waals surface area contributed by atoms with Crippen molar-refractivity contribution in [3.8, 4) is 0 Å². The molecule has 0 bridgehead atoms. The minimum Gasteiger partial charge on any atom is -0.204 e.